The van der Waals surface area contributed by atoms with E-state index < -0.39 is 10.9 Å². The highest BCUT2D eigenvalue weighted by molar-refractivity contribution is 7.99. The van der Waals surface area contributed by atoms with Crippen LogP contribution in [0.3, 0.4) is 0 Å². The number of carbonyl (C=O) groups is 1. The number of anilines is 1. The van der Waals surface area contributed by atoms with E-state index in [2.05, 4.69) is 4.90 Å². The molecule has 0 amide bonds. The van der Waals surface area contributed by atoms with Crippen LogP contribution in [-0.2, 0) is 0 Å². The second-order valence-electron chi connectivity index (χ2n) is 4.22. The Balaban J connectivity index is 2.34. The summed E-state index contributed by atoms with van der Waals surface area (Å²) in [6, 6.07) is 4.30. The normalized spacial score (nSPS) is 15.9. The molecule has 0 saturated carbocycles. The molecule has 0 spiro atoms. The Kier molecular flexibility index (Phi) is 4.26. The number of hydrogen-bond acceptors (Lipinski definition) is 5. The average Bonchev–Trinajstić information content (AvgIpc) is 2.66. The lowest BCUT2D eigenvalue weighted by Crippen LogP contribution is -2.25. The zero-order chi connectivity index (χ0) is 13.8. The molecule has 1 aromatic rings. The number of carboxylic acids is 1. The van der Waals surface area contributed by atoms with Gasteiger partial charge < -0.3 is 10.0 Å². The lowest BCUT2D eigenvalue weighted by atomic mass is 10.1. The second-order valence-corrected chi connectivity index (χ2v) is 5.44. The van der Waals surface area contributed by atoms with Crippen LogP contribution in [0.4, 0.5) is 11.4 Å². The zero-order valence-corrected chi connectivity index (χ0v) is 11.1. The summed E-state index contributed by atoms with van der Waals surface area (Å²) in [7, 11) is 0. The number of nitro benzene ring substituents is 1. The fraction of sp³-hybridized carbons (Fsp3) is 0.417. The number of nitro groups is 1. The van der Waals surface area contributed by atoms with Crippen molar-refractivity contribution in [1.82, 2.24) is 0 Å². The second kappa shape index (κ2) is 5.92. The summed E-state index contributed by atoms with van der Waals surface area (Å²) >= 11 is 1.87. The SMILES string of the molecule is O=C(O)c1cc(N2CCCSCC2)ccc1[N+](=O)[O-]. The Morgan fingerprint density at radius 2 is 2.16 bits per heavy atom. The van der Waals surface area contributed by atoms with Gasteiger partial charge >= 0.3 is 5.97 Å². The van der Waals surface area contributed by atoms with Crippen molar-refractivity contribution in [1.29, 1.82) is 0 Å². The molecular weight excluding hydrogens is 268 g/mol. The fourth-order valence-corrected chi connectivity index (χ4v) is 2.94. The van der Waals surface area contributed by atoms with Crippen LogP contribution in [0.2, 0.25) is 0 Å². The molecule has 1 aliphatic rings. The van der Waals surface area contributed by atoms with E-state index in [1.54, 1.807) is 6.07 Å². The van der Waals surface area contributed by atoms with Crippen molar-refractivity contribution in [2.75, 3.05) is 29.5 Å². The molecule has 0 radical (unpaired) electrons. The highest BCUT2D eigenvalue weighted by Crippen LogP contribution is 2.26. The van der Waals surface area contributed by atoms with Gasteiger partial charge in [-0.15, -0.1) is 0 Å². The lowest BCUT2D eigenvalue weighted by molar-refractivity contribution is -0.385. The first-order chi connectivity index (χ1) is 9.09. The first-order valence-electron chi connectivity index (χ1n) is 5.94. The van der Waals surface area contributed by atoms with E-state index in [0.29, 0.717) is 0 Å². The third-order valence-corrected chi connectivity index (χ3v) is 4.04. The fourth-order valence-electron chi connectivity index (χ4n) is 2.06. The van der Waals surface area contributed by atoms with Gasteiger partial charge in [0.05, 0.1) is 4.92 Å². The Bertz CT molecular complexity index is 499. The summed E-state index contributed by atoms with van der Waals surface area (Å²) in [6.07, 6.45) is 1.03. The molecule has 1 aromatic carbocycles. The van der Waals surface area contributed by atoms with E-state index >= 15 is 0 Å². The van der Waals surface area contributed by atoms with Crippen LogP contribution in [0.15, 0.2) is 18.2 Å². The maximum Gasteiger partial charge on any atom is 0.342 e. The molecule has 0 aliphatic carbocycles. The molecule has 0 bridgehead atoms. The number of aromatic carboxylic acids is 1. The van der Waals surface area contributed by atoms with Crippen LogP contribution in [-0.4, -0.2) is 40.6 Å². The van der Waals surface area contributed by atoms with Gasteiger partial charge in [0.2, 0.25) is 0 Å². The number of thioether (sulfide) groups is 1. The molecule has 7 heteroatoms. The summed E-state index contributed by atoms with van der Waals surface area (Å²) in [6.45, 7) is 1.69. The quantitative estimate of drug-likeness (QED) is 0.676. The minimum absolute atomic E-state index is 0.251. The van der Waals surface area contributed by atoms with Crippen molar-refractivity contribution >= 4 is 29.1 Å². The maximum absolute atomic E-state index is 11.1. The predicted octanol–water partition coefficient (Wildman–Crippen LogP) is 2.24. The van der Waals surface area contributed by atoms with Gasteiger partial charge in [0, 0.05) is 30.6 Å². The van der Waals surface area contributed by atoms with Gasteiger partial charge in [-0.1, -0.05) is 0 Å². The average molecular weight is 282 g/mol. The molecule has 1 heterocycles. The van der Waals surface area contributed by atoms with Gasteiger partial charge in [0.1, 0.15) is 5.56 Å². The largest absolute Gasteiger partial charge is 0.477 e. The molecule has 1 aliphatic heterocycles. The number of hydrogen-bond donors (Lipinski definition) is 1. The van der Waals surface area contributed by atoms with Crippen LogP contribution in [0.25, 0.3) is 0 Å². The van der Waals surface area contributed by atoms with Crippen molar-refractivity contribution in [2.45, 2.75) is 6.42 Å². The molecular formula is C12H14N2O4S. The monoisotopic (exact) mass is 282 g/mol. The third-order valence-electron chi connectivity index (χ3n) is 2.99. The minimum atomic E-state index is -1.27. The molecule has 0 unspecified atom stereocenters. The van der Waals surface area contributed by atoms with Gasteiger partial charge in [-0.25, -0.2) is 4.79 Å². The summed E-state index contributed by atoms with van der Waals surface area (Å²) < 4.78 is 0. The van der Waals surface area contributed by atoms with E-state index in [-0.39, 0.29) is 11.3 Å². The van der Waals surface area contributed by atoms with E-state index in [4.69, 9.17) is 5.11 Å². The maximum atomic E-state index is 11.1. The van der Waals surface area contributed by atoms with Crippen LogP contribution < -0.4 is 4.90 Å². The minimum Gasteiger partial charge on any atom is -0.477 e. The van der Waals surface area contributed by atoms with Crippen molar-refractivity contribution in [3.63, 3.8) is 0 Å². The van der Waals surface area contributed by atoms with Gasteiger partial charge in [-0.2, -0.15) is 11.8 Å². The smallest absolute Gasteiger partial charge is 0.342 e. The number of nitrogens with zero attached hydrogens (tertiary/aromatic N) is 2. The van der Waals surface area contributed by atoms with E-state index in [9.17, 15) is 14.9 Å². The summed E-state index contributed by atoms with van der Waals surface area (Å²) in [5.74, 6) is 0.812. The Morgan fingerprint density at radius 3 is 2.84 bits per heavy atom. The molecule has 0 atom stereocenters. The van der Waals surface area contributed by atoms with E-state index in [0.717, 1.165) is 36.7 Å². The van der Waals surface area contributed by atoms with Crippen LogP contribution in [0.1, 0.15) is 16.8 Å². The molecule has 1 N–H and O–H groups in total. The highest BCUT2D eigenvalue weighted by atomic mass is 32.2. The number of carboxylic acid groups (broad SMARTS) is 1. The van der Waals surface area contributed by atoms with Crippen molar-refractivity contribution in [3.8, 4) is 0 Å². The van der Waals surface area contributed by atoms with E-state index in [1.165, 1.54) is 12.1 Å². The molecule has 2 rings (SSSR count). The molecule has 6 nitrogen and oxygen atoms in total. The van der Waals surface area contributed by atoms with Crippen LogP contribution in [0, 0.1) is 10.1 Å². The van der Waals surface area contributed by atoms with Crippen molar-refractivity contribution in [2.24, 2.45) is 0 Å². The van der Waals surface area contributed by atoms with Gasteiger partial charge in [0.15, 0.2) is 0 Å². The van der Waals surface area contributed by atoms with Crippen LogP contribution in [0.5, 0.6) is 0 Å². The van der Waals surface area contributed by atoms with Crippen molar-refractivity contribution in [3.05, 3.63) is 33.9 Å². The topological polar surface area (TPSA) is 83.7 Å². The highest BCUT2D eigenvalue weighted by Gasteiger charge is 2.21. The summed E-state index contributed by atoms with van der Waals surface area (Å²) in [5, 5.41) is 19.9. The zero-order valence-electron chi connectivity index (χ0n) is 10.2. The predicted molar refractivity (Wildman–Crippen MR) is 74.2 cm³/mol. The molecule has 19 heavy (non-hydrogen) atoms. The first-order valence-corrected chi connectivity index (χ1v) is 7.09. The Morgan fingerprint density at radius 1 is 1.37 bits per heavy atom. The number of rotatable bonds is 3. The van der Waals surface area contributed by atoms with Gasteiger partial charge in [-0.05, 0) is 24.3 Å². The first kappa shape index (κ1) is 13.7. The van der Waals surface area contributed by atoms with Gasteiger partial charge in [-0.3, -0.25) is 10.1 Å². The standard InChI is InChI=1S/C12H14N2O4S/c15-12(16)10-8-9(2-3-11(10)14(17)18)13-4-1-6-19-7-5-13/h2-3,8H,1,4-7H2,(H,15,16). The molecule has 0 aromatic heterocycles. The Labute approximate surface area is 114 Å². The molecule has 102 valence electrons. The lowest BCUT2D eigenvalue weighted by Gasteiger charge is -2.22. The summed E-state index contributed by atoms with van der Waals surface area (Å²) in [4.78, 5) is 23.3. The van der Waals surface area contributed by atoms with Crippen molar-refractivity contribution < 1.29 is 14.8 Å². The Hall–Kier alpha value is -1.76. The van der Waals surface area contributed by atoms with Gasteiger partial charge in [0.25, 0.3) is 5.69 Å². The summed E-state index contributed by atoms with van der Waals surface area (Å²) in [5.41, 5.74) is 0.130. The van der Waals surface area contributed by atoms with E-state index in [1.807, 2.05) is 11.8 Å². The molecule has 1 fully saturated rings. The van der Waals surface area contributed by atoms with Crippen LogP contribution >= 0.6 is 11.8 Å². The number of benzene rings is 1. The third kappa shape index (κ3) is 3.17. The molecule has 1 saturated heterocycles.